The van der Waals surface area contributed by atoms with Gasteiger partial charge >= 0.3 is 0 Å². The molecule has 0 N–H and O–H groups in total. The second-order valence-corrected chi connectivity index (χ2v) is 13.0. The van der Waals surface area contributed by atoms with Crippen LogP contribution in [0.2, 0.25) is 0 Å². The zero-order valence-electron chi connectivity index (χ0n) is 24.0. The molecular weight excluding hydrogens is 528 g/mol. The van der Waals surface area contributed by atoms with Crippen molar-refractivity contribution in [2.45, 2.75) is 43.9 Å². The van der Waals surface area contributed by atoms with E-state index in [1.54, 1.807) is 0 Å². The molecule has 4 aliphatic rings. The summed E-state index contributed by atoms with van der Waals surface area (Å²) in [5.41, 5.74) is 8.28. The third-order valence-electron chi connectivity index (χ3n) is 10.2. The predicted octanol–water partition coefficient (Wildman–Crippen LogP) is 9.15. The monoisotopic (exact) mass is 560 g/mol. The first-order valence-electron chi connectivity index (χ1n) is 15.5. The van der Waals surface area contributed by atoms with E-state index in [2.05, 4.69) is 89.9 Å². The molecular formula is C38H32N4O. The van der Waals surface area contributed by atoms with E-state index in [-0.39, 0.29) is 5.41 Å². The van der Waals surface area contributed by atoms with Gasteiger partial charge in [-0.05, 0) is 90.7 Å². The minimum Gasteiger partial charge on any atom is -0.443 e. The van der Waals surface area contributed by atoms with Crippen molar-refractivity contribution in [1.82, 2.24) is 19.9 Å². The lowest BCUT2D eigenvalue weighted by Gasteiger charge is -2.56. The van der Waals surface area contributed by atoms with Crippen molar-refractivity contribution < 1.29 is 4.42 Å². The molecule has 0 saturated heterocycles. The average molecular weight is 561 g/mol. The second-order valence-electron chi connectivity index (χ2n) is 13.0. The molecule has 0 radical (unpaired) electrons. The van der Waals surface area contributed by atoms with E-state index in [0.717, 1.165) is 79.7 Å². The highest BCUT2D eigenvalue weighted by Gasteiger charge is 2.53. The van der Waals surface area contributed by atoms with Gasteiger partial charge in [0.1, 0.15) is 11.3 Å². The Kier molecular flexibility index (Phi) is 5.62. The van der Waals surface area contributed by atoms with Crippen molar-refractivity contribution >= 4 is 11.1 Å². The van der Waals surface area contributed by atoms with Crippen molar-refractivity contribution in [2.75, 3.05) is 0 Å². The van der Waals surface area contributed by atoms with E-state index in [9.17, 15) is 0 Å². The molecule has 0 aliphatic heterocycles. The lowest BCUT2D eigenvalue weighted by molar-refractivity contribution is -0.00938. The summed E-state index contributed by atoms with van der Waals surface area (Å²) < 4.78 is 5.69. The largest absolute Gasteiger partial charge is 0.443 e. The summed E-state index contributed by atoms with van der Waals surface area (Å²) in [5.74, 6) is 5.04. The summed E-state index contributed by atoms with van der Waals surface area (Å²) in [5, 5.41) is 0. The van der Waals surface area contributed by atoms with Crippen LogP contribution >= 0.6 is 0 Å². The van der Waals surface area contributed by atoms with Crippen LogP contribution in [0.5, 0.6) is 0 Å². The summed E-state index contributed by atoms with van der Waals surface area (Å²) in [4.78, 5) is 20.0. The standard InChI is InChI=1S/C38H32N4O/c1-3-7-27(8-4-1)31-18-33-34(43-23-39-33)19-32(31)28-11-13-30(14-12-28)36-40-35(29-9-5-2-6-10-29)41-37(42-36)38-20-24-15-25(21-38)17-26(16-24)22-38/h1-14,18-19,23-26H,15-17,20-22H2. The highest BCUT2D eigenvalue weighted by molar-refractivity contribution is 5.92. The third-order valence-corrected chi connectivity index (χ3v) is 10.2. The summed E-state index contributed by atoms with van der Waals surface area (Å²) in [6.45, 7) is 0. The van der Waals surface area contributed by atoms with Gasteiger partial charge in [-0.15, -0.1) is 0 Å². The molecule has 0 spiro atoms. The van der Waals surface area contributed by atoms with Gasteiger partial charge in [0.05, 0.1) is 0 Å². The van der Waals surface area contributed by atoms with Crippen LogP contribution in [-0.4, -0.2) is 19.9 Å². The molecule has 0 amide bonds. The summed E-state index contributed by atoms with van der Waals surface area (Å²) >= 11 is 0. The smallest absolute Gasteiger partial charge is 0.181 e. The van der Waals surface area contributed by atoms with Gasteiger partial charge in [-0.1, -0.05) is 84.9 Å². The van der Waals surface area contributed by atoms with Crippen molar-refractivity contribution in [3.63, 3.8) is 0 Å². The molecule has 43 heavy (non-hydrogen) atoms. The normalized spacial score (nSPS) is 24.0. The zero-order chi connectivity index (χ0) is 28.4. The molecule has 10 rings (SSSR count). The number of benzene rings is 4. The van der Waals surface area contributed by atoms with Crippen LogP contribution < -0.4 is 0 Å². The fourth-order valence-electron chi connectivity index (χ4n) is 8.64. The van der Waals surface area contributed by atoms with Gasteiger partial charge in [0.15, 0.2) is 23.6 Å². The molecule has 0 unspecified atom stereocenters. The van der Waals surface area contributed by atoms with Gasteiger partial charge in [-0.3, -0.25) is 0 Å². The SMILES string of the molecule is c1ccc(-c2nc(-c3ccc(-c4cc5ocnc5cc4-c4ccccc4)cc3)nc(C34CC5CC(CC(C5)C3)C4)n2)cc1. The van der Waals surface area contributed by atoms with Crippen molar-refractivity contribution in [2.24, 2.45) is 17.8 Å². The molecule has 210 valence electrons. The van der Waals surface area contributed by atoms with Crippen LogP contribution in [0.1, 0.15) is 44.3 Å². The highest BCUT2D eigenvalue weighted by Crippen LogP contribution is 2.60. The minimum absolute atomic E-state index is 0.0903. The van der Waals surface area contributed by atoms with Crippen LogP contribution in [-0.2, 0) is 5.41 Å². The van der Waals surface area contributed by atoms with Gasteiger partial charge in [0, 0.05) is 16.5 Å². The Morgan fingerprint density at radius 2 is 1.07 bits per heavy atom. The molecule has 5 heteroatoms. The Morgan fingerprint density at radius 1 is 0.558 bits per heavy atom. The molecule has 2 aromatic heterocycles. The number of aromatic nitrogens is 4. The molecule has 4 bridgehead atoms. The number of rotatable bonds is 5. The molecule has 4 aromatic carbocycles. The van der Waals surface area contributed by atoms with E-state index in [1.165, 1.54) is 44.9 Å². The maximum atomic E-state index is 5.69. The first-order valence-corrected chi connectivity index (χ1v) is 15.5. The Labute approximate surface area is 251 Å². The highest BCUT2D eigenvalue weighted by atomic mass is 16.3. The zero-order valence-corrected chi connectivity index (χ0v) is 24.0. The van der Waals surface area contributed by atoms with Crippen molar-refractivity contribution in [3.05, 3.63) is 109 Å². The number of oxazole rings is 1. The molecule has 2 heterocycles. The summed E-state index contributed by atoms with van der Waals surface area (Å²) in [6.07, 6.45) is 9.38. The first-order chi connectivity index (χ1) is 21.2. The van der Waals surface area contributed by atoms with E-state index in [0.29, 0.717) is 0 Å². The van der Waals surface area contributed by atoms with Gasteiger partial charge in [-0.2, -0.15) is 0 Å². The molecule has 4 saturated carbocycles. The van der Waals surface area contributed by atoms with E-state index < -0.39 is 0 Å². The Morgan fingerprint density at radius 3 is 1.70 bits per heavy atom. The van der Waals surface area contributed by atoms with Crippen LogP contribution in [0.4, 0.5) is 0 Å². The lowest BCUT2D eigenvalue weighted by atomic mass is 9.49. The van der Waals surface area contributed by atoms with E-state index in [4.69, 9.17) is 19.4 Å². The van der Waals surface area contributed by atoms with Crippen LogP contribution in [0.3, 0.4) is 0 Å². The van der Waals surface area contributed by atoms with Crippen molar-refractivity contribution in [1.29, 1.82) is 0 Å². The molecule has 4 aliphatic carbocycles. The Balaban J connectivity index is 1.15. The number of hydrogen-bond acceptors (Lipinski definition) is 5. The number of nitrogens with zero attached hydrogens (tertiary/aromatic N) is 4. The predicted molar refractivity (Wildman–Crippen MR) is 169 cm³/mol. The topological polar surface area (TPSA) is 64.7 Å². The summed E-state index contributed by atoms with van der Waals surface area (Å²) in [6, 6.07) is 33.7. The van der Waals surface area contributed by atoms with E-state index >= 15 is 0 Å². The van der Waals surface area contributed by atoms with Crippen LogP contribution in [0.15, 0.2) is 108 Å². The quantitative estimate of drug-likeness (QED) is 0.210. The number of hydrogen-bond donors (Lipinski definition) is 0. The molecule has 4 fully saturated rings. The maximum absolute atomic E-state index is 5.69. The first kappa shape index (κ1) is 24.9. The van der Waals surface area contributed by atoms with Gasteiger partial charge in [-0.25, -0.2) is 19.9 Å². The van der Waals surface area contributed by atoms with Crippen molar-refractivity contribution in [3.8, 4) is 45.0 Å². The molecule has 5 nitrogen and oxygen atoms in total. The average Bonchev–Trinajstić information content (AvgIpc) is 3.52. The van der Waals surface area contributed by atoms with Gasteiger partial charge < -0.3 is 4.42 Å². The molecule has 0 atom stereocenters. The lowest BCUT2D eigenvalue weighted by Crippen LogP contribution is -2.49. The minimum atomic E-state index is 0.0903. The maximum Gasteiger partial charge on any atom is 0.181 e. The number of fused-ring (bicyclic) bond motifs is 1. The third kappa shape index (κ3) is 4.29. The molecule has 6 aromatic rings. The van der Waals surface area contributed by atoms with Crippen LogP contribution in [0, 0.1) is 17.8 Å². The second kappa shape index (κ2) is 9.70. The fourth-order valence-corrected chi connectivity index (χ4v) is 8.64. The fraction of sp³-hybridized carbons (Fsp3) is 0.263. The van der Waals surface area contributed by atoms with Gasteiger partial charge in [0.2, 0.25) is 0 Å². The Bertz CT molecular complexity index is 1910. The van der Waals surface area contributed by atoms with E-state index in [1.807, 2.05) is 12.1 Å². The van der Waals surface area contributed by atoms with Gasteiger partial charge in [0.25, 0.3) is 0 Å². The summed E-state index contributed by atoms with van der Waals surface area (Å²) in [7, 11) is 0. The Hall–Kier alpha value is -4.64. The van der Waals surface area contributed by atoms with Crippen LogP contribution in [0.25, 0.3) is 56.1 Å².